The highest BCUT2D eigenvalue weighted by Crippen LogP contribution is 2.41. The molecule has 0 bridgehead atoms. The lowest BCUT2D eigenvalue weighted by Crippen LogP contribution is -2.25. The van der Waals surface area contributed by atoms with Crippen molar-refractivity contribution in [1.29, 1.82) is 0 Å². The third-order valence-electron chi connectivity index (χ3n) is 6.03. The molecule has 1 spiro atoms. The van der Waals surface area contributed by atoms with Gasteiger partial charge in [0.25, 0.3) is 0 Å². The first kappa shape index (κ1) is 19.7. The number of aromatic nitrogens is 4. The number of halogens is 1. The van der Waals surface area contributed by atoms with E-state index in [9.17, 15) is 0 Å². The van der Waals surface area contributed by atoms with Crippen LogP contribution >= 0.6 is 12.4 Å². The van der Waals surface area contributed by atoms with Gasteiger partial charge in [0, 0.05) is 48.4 Å². The van der Waals surface area contributed by atoms with E-state index in [0.29, 0.717) is 11.6 Å². The predicted octanol–water partition coefficient (Wildman–Crippen LogP) is 3.12. The highest BCUT2D eigenvalue weighted by molar-refractivity contribution is 5.85. The summed E-state index contributed by atoms with van der Waals surface area (Å²) in [6.45, 7) is 5.08. The van der Waals surface area contributed by atoms with Crippen LogP contribution in [0.3, 0.4) is 0 Å². The first-order chi connectivity index (χ1) is 13.6. The van der Waals surface area contributed by atoms with Crippen molar-refractivity contribution in [3.63, 3.8) is 0 Å². The molecular formula is C21H25ClN6O. The second-order valence-electron chi connectivity index (χ2n) is 7.74. The largest absolute Gasteiger partial charge is 0.482 e. The molecule has 29 heavy (non-hydrogen) atoms. The lowest BCUT2D eigenvalue weighted by atomic mass is 9.82. The molecule has 5 rings (SSSR count). The Kier molecular flexibility index (Phi) is 5.19. The Morgan fingerprint density at radius 1 is 1.24 bits per heavy atom. The number of fused-ring (bicyclic) bond motifs is 2. The molecule has 2 atom stereocenters. The highest BCUT2D eigenvalue weighted by Gasteiger charge is 2.42. The molecule has 0 aliphatic carbocycles. The standard InChI is InChI=1S/C21H24N6O.ClH/c1-14(15-2-6-23-7-3-15)28-18-10-16(12-25-20(18)22)17-11-19-21(4-8-24-13-21)5-9-27(19)26-17;/h2-3,6-7,10-12,14,24H,4-5,8-9,13H2,1H3,(H2,22,25);1H/t14-,21?;/m1./s1. The minimum absolute atomic E-state index is 0. The SMILES string of the molecule is C[C@@H](Oc1cc(-c2cc3n(n2)CCC32CCNC2)cnc1N)c1ccncc1.Cl. The number of nitrogens with two attached hydrogens (primary N) is 1. The maximum absolute atomic E-state index is 6.10. The minimum Gasteiger partial charge on any atom is -0.482 e. The van der Waals surface area contributed by atoms with Gasteiger partial charge in [0.1, 0.15) is 6.10 Å². The molecule has 1 unspecified atom stereocenters. The van der Waals surface area contributed by atoms with Gasteiger partial charge in [0.2, 0.25) is 0 Å². The van der Waals surface area contributed by atoms with Crippen LogP contribution in [0.2, 0.25) is 0 Å². The molecule has 2 aliphatic heterocycles. The molecule has 0 aromatic carbocycles. The van der Waals surface area contributed by atoms with Crippen molar-refractivity contribution in [3.8, 4) is 17.0 Å². The predicted molar refractivity (Wildman–Crippen MR) is 114 cm³/mol. The third-order valence-corrected chi connectivity index (χ3v) is 6.03. The van der Waals surface area contributed by atoms with E-state index in [1.807, 2.05) is 25.1 Å². The third kappa shape index (κ3) is 3.45. The van der Waals surface area contributed by atoms with Gasteiger partial charge in [-0.15, -0.1) is 12.4 Å². The number of anilines is 1. The number of hydrogen-bond acceptors (Lipinski definition) is 6. The fourth-order valence-electron chi connectivity index (χ4n) is 4.36. The molecule has 3 N–H and O–H groups in total. The zero-order chi connectivity index (χ0) is 19.1. The maximum Gasteiger partial charge on any atom is 0.166 e. The molecule has 1 fully saturated rings. The topological polar surface area (TPSA) is 90.9 Å². The number of pyridine rings is 2. The van der Waals surface area contributed by atoms with Gasteiger partial charge in [-0.05, 0) is 56.1 Å². The van der Waals surface area contributed by atoms with Crippen LogP contribution in [0.15, 0.2) is 42.9 Å². The van der Waals surface area contributed by atoms with Crippen molar-refractivity contribution >= 4 is 18.2 Å². The fraction of sp³-hybridized carbons (Fsp3) is 0.381. The molecule has 8 heteroatoms. The van der Waals surface area contributed by atoms with Gasteiger partial charge in [-0.25, -0.2) is 4.98 Å². The molecule has 7 nitrogen and oxygen atoms in total. The molecule has 0 radical (unpaired) electrons. The van der Waals surface area contributed by atoms with Gasteiger partial charge in [-0.2, -0.15) is 5.10 Å². The second kappa shape index (κ2) is 7.65. The summed E-state index contributed by atoms with van der Waals surface area (Å²) < 4.78 is 8.26. The Labute approximate surface area is 176 Å². The zero-order valence-corrected chi connectivity index (χ0v) is 17.2. The van der Waals surface area contributed by atoms with Crippen LogP contribution in [0.5, 0.6) is 5.75 Å². The average Bonchev–Trinajstić information content (AvgIpc) is 3.43. The van der Waals surface area contributed by atoms with E-state index in [-0.39, 0.29) is 23.9 Å². The quantitative estimate of drug-likeness (QED) is 0.684. The first-order valence-corrected chi connectivity index (χ1v) is 9.76. The molecule has 1 saturated heterocycles. The van der Waals surface area contributed by atoms with Gasteiger partial charge in [0.05, 0.1) is 5.69 Å². The Hall–Kier alpha value is -2.64. The smallest absolute Gasteiger partial charge is 0.166 e. The van der Waals surface area contributed by atoms with Crippen LogP contribution in [0.25, 0.3) is 11.3 Å². The molecule has 0 saturated carbocycles. The van der Waals surface area contributed by atoms with E-state index in [2.05, 4.69) is 26.0 Å². The Morgan fingerprint density at radius 3 is 2.83 bits per heavy atom. The van der Waals surface area contributed by atoms with Crippen molar-refractivity contribution in [2.75, 3.05) is 18.8 Å². The fourth-order valence-corrected chi connectivity index (χ4v) is 4.36. The van der Waals surface area contributed by atoms with E-state index in [4.69, 9.17) is 15.6 Å². The number of nitrogens with one attached hydrogen (secondary N) is 1. The molecule has 2 aliphatic rings. The van der Waals surface area contributed by atoms with Crippen molar-refractivity contribution in [3.05, 3.63) is 54.1 Å². The summed E-state index contributed by atoms with van der Waals surface area (Å²) in [6, 6.07) is 8.03. The summed E-state index contributed by atoms with van der Waals surface area (Å²) in [7, 11) is 0. The van der Waals surface area contributed by atoms with Gasteiger partial charge in [0.15, 0.2) is 11.6 Å². The average molecular weight is 413 g/mol. The van der Waals surface area contributed by atoms with Crippen molar-refractivity contribution in [1.82, 2.24) is 25.1 Å². The van der Waals surface area contributed by atoms with Crippen LogP contribution in [0.4, 0.5) is 5.82 Å². The van der Waals surface area contributed by atoms with Crippen molar-refractivity contribution in [2.24, 2.45) is 0 Å². The highest BCUT2D eigenvalue weighted by atomic mass is 35.5. The molecule has 3 aromatic rings. The van der Waals surface area contributed by atoms with Crippen LogP contribution in [0, 0.1) is 0 Å². The van der Waals surface area contributed by atoms with Crippen LogP contribution in [-0.2, 0) is 12.0 Å². The second-order valence-corrected chi connectivity index (χ2v) is 7.74. The van der Waals surface area contributed by atoms with Gasteiger partial charge >= 0.3 is 0 Å². The molecule has 5 heterocycles. The van der Waals surface area contributed by atoms with Crippen LogP contribution in [-0.4, -0.2) is 32.8 Å². The van der Waals surface area contributed by atoms with E-state index in [1.54, 1.807) is 18.6 Å². The normalized spacial score (nSPS) is 21.0. The summed E-state index contributed by atoms with van der Waals surface area (Å²) in [6.07, 6.45) is 7.48. The summed E-state index contributed by atoms with van der Waals surface area (Å²) in [5.74, 6) is 0.958. The van der Waals surface area contributed by atoms with Gasteiger partial charge in [-0.3, -0.25) is 9.67 Å². The lowest BCUT2D eigenvalue weighted by molar-refractivity contribution is 0.227. The van der Waals surface area contributed by atoms with E-state index in [1.165, 1.54) is 18.5 Å². The maximum atomic E-state index is 6.10. The van der Waals surface area contributed by atoms with E-state index < -0.39 is 0 Å². The van der Waals surface area contributed by atoms with Crippen LogP contribution in [0.1, 0.15) is 37.1 Å². The molecule has 3 aromatic heterocycles. The monoisotopic (exact) mass is 412 g/mol. The molecular weight excluding hydrogens is 388 g/mol. The number of aryl methyl sites for hydroxylation is 1. The number of hydrogen-bond donors (Lipinski definition) is 2. The summed E-state index contributed by atoms with van der Waals surface area (Å²) in [4.78, 5) is 8.41. The zero-order valence-electron chi connectivity index (χ0n) is 16.3. The minimum atomic E-state index is -0.151. The summed E-state index contributed by atoms with van der Waals surface area (Å²) in [5, 5.41) is 8.34. The number of nitrogen functional groups attached to an aromatic ring is 1. The number of rotatable bonds is 4. The number of ether oxygens (including phenoxy) is 1. The summed E-state index contributed by atoms with van der Waals surface area (Å²) in [5.41, 5.74) is 10.5. The summed E-state index contributed by atoms with van der Waals surface area (Å²) >= 11 is 0. The Bertz CT molecular complexity index is 1000. The van der Waals surface area contributed by atoms with E-state index >= 15 is 0 Å². The number of nitrogens with zero attached hydrogens (tertiary/aromatic N) is 4. The Balaban J connectivity index is 0.00000205. The lowest BCUT2D eigenvalue weighted by Gasteiger charge is -2.20. The van der Waals surface area contributed by atoms with Gasteiger partial charge in [-0.1, -0.05) is 0 Å². The molecule has 0 amide bonds. The van der Waals surface area contributed by atoms with Crippen LogP contribution < -0.4 is 15.8 Å². The van der Waals surface area contributed by atoms with Crippen molar-refractivity contribution in [2.45, 2.75) is 37.8 Å². The van der Waals surface area contributed by atoms with Crippen molar-refractivity contribution < 1.29 is 4.74 Å². The first-order valence-electron chi connectivity index (χ1n) is 9.76. The van der Waals surface area contributed by atoms with Gasteiger partial charge < -0.3 is 15.8 Å². The Morgan fingerprint density at radius 2 is 2.07 bits per heavy atom. The van der Waals surface area contributed by atoms with E-state index in [0.717, 1.165) is 36.5 Å². The molecule has 152 valence electrons.